The molecule has 0 radical (unpaired) electrons. The van der Waals surface area contributed by atoms with E-state index in [-0.39, 0.29) is 5.63 Å². The zero-order valence-corrected chi connectivity index (χ0v) is 22.6. The molecule has 2 aromatic carbocycles. The minimum atomic E-state index is -0.380. The molecule has 0 aliphatic rings. The number of rotatable bonds is 11. The molecule has 0 unspecified atom stereocenters. The smallest absolute Gasteiger partial charge is 0.337 e. The first kappa shape index (κ1) is 27.9. The van der Waals surface area contributed by atoms with E-state index in [0.717, 1.165) is 29.8 Å². The van der Waals surface area contributed by atoms with Crippen LogP contribution in [0.25, 0.3) is 0 Å². The lowest BCUT2D eigenvalue weighted by molar-refractivity contribution is 0.479. The molecule has 1 aromatic heterocycles. The third kappa shape index (κ3) is 10.1. The summed E-state index contributed by atoms with van der Waals surface area (Å²) >= 11 is 0. The monoisotopic (exact) mass is 493 g/mol. The highest BCUT2D eigenvalue weighted by Crippen LogP contribution is 2.18. The maximum atomic E-state index is 11.5. The fraction of sp³-hybridized carbons (Fsp3) is 0.382. The Morgan fingerprint density at radius 1 is 0.622 bits per heavy atom. The van der Waals surface area contributed by atoms with Gasteiger partial charge in [-0.3, -0.25) is 0 Å². The van der Waals surface area contributed by atoms with E-state index in [1.165, 1.54) is 63.1 Å². The molecule has 37 heavy (non-hydrogen) atoms. The third-order valence-corrected chi connectivity index (χ3v) is 6.28. The molecule has 3 nitrogen and oxygen atoms in total. The van der Waals surface area contributed by atoms with Gasteiger partial charge in [-0.25, -0.2) is 4.79 Å². The maximum absolute atomic E-state index is 11.5. The number of aryl methyl sites for hydroxylation is 1. The molecular weight excluding hydrogens is 454 g/mol. The van der Waals surface area contributed by atoms with Crippen molar-refractivity contribution >= 4 is 5.69 Å². The number of hydrogen-bond donors (Lipinski definition) is 0. The van der Waals surface area contributed by atoms with Crippen LogP contribution in [0.2, 0.25) is 0 Å². The Balaban J connectivity index is 1.62. The van der Waals surface area contributed by atoms with Gasteiger partial charge in [0.1, 0.15) is 5.76 Å². The van der Waals surface area contributed by atoms with E-state index >= 15 is 0 Å². The van der Waals surface area contributed by atoms with Crippen molar-refractivity contribution in [2.75, 3.05) is 18.0 Å². The summed E-state index contributed by atoms with van der Waals surface area (Å²) in [7, 11) is 0. The van der Waals surface area contributed by atoms with E-state index in [9.17, 15) is 4.79 Å². The predicted molar refractivity (Wildman–Crippen MR) is 155 cm³/mol. The average molecular weight is 494 g/mol. The van der Waals surface area contributed by atoms with Crippen LogP contribution in [-0.2, 0) is 0 Å². The highest BCUT2D eigenvalue weighted by molar-refractivity contribution is 5.52. The van der Waals surface area contributed by atoms with Crippen molar-refractivity contribution in [2.45, 2.75) is 72.1 Å². The largest absolute Gasteiger partial charge is 0.428 e. The second-order valence-electron chi connectivity index (χ2n) is 9.51. The maximum Gasteiger partial charge on any atom is 0.337 e. The van der Waals surface area contributed by atoms with E-state index in [2.05, 4.69) is 66.7 Å². The quantitative estimate of drug-likeness (QED) is 0.203. The van der Waals surface area contributed by atoms with Gasteiger partial charge in [-0.2, -0.15) is 0 Å². The van der Waals surface area contributed by atoms with E-state index in [1.54, 1.807) is 13.0 Å². The SMILES string of the molecule is CCCCCCN(CCCCCC)c1ccc(C#Cc2ccc(C#Cc3cc(C)oc(=O)c3)cc2)cc1. The molecule has 3 heteroatoms. The summed E-state index contributed by atoms with van der Waals surface area (Å²) in [6.45, 7) is 8.53. The van der Waals surface area contributed by atoms with Gasteiger partial charge in [0.25, 0.3) is 0 Å². The molecule has 3 rings (SSSR count). The summed E-state index contributed by atoms with van der Waals surface area (Å²) < 4.78 is 4.97. The zero-order valence-electron chi connectivity index (χ0n) is 22.6. The lowest BCUT2D eigenvalue weighted by Gasteiger charge is -2.25. The second kappa shape index (κ2) is 15.4. The van der Waals surface area contributed by atoms with Gasteiger partial charge >= 0.3 is 5.63 Å². The van der Waals surface area contributed by atoms with Crippen molar-refractivity contribution in [1.82, 2.24) is 0 Å². The van der Waals surface area contributed by atoms with E-state index in [4.69, 9.17) is 4.42 Å². The summed E-state index contributed by atoms with van der Waals surface area (Å²) in [4.78, 5) is 14.0. The molecule has 0 saturated heterocycles. The summed E-state index contributed by atoms with van der Waals surface area (Å²) in [5.41, 5.74) is 4.41. The van der Waals surface area contributed by atoms with Crippen molar-refractivity contribution in [3.63, 3.8) is 0 Å². The van der Waals surface area contributed by atoms with Crippen LogP contribution in [0.4, 0.5) is 5.69 Å². The molecule has 0 atom stereocenters. The van der Waals surface area contributed by atoms with Gasteiger partial charge in [0.05, 0.1) is 0 Å². The number of anilines is 1. The first-order valence-electron chi connectivity index (χ1n) is 13.7. The molecule has 0 aliphatic heterocycles. The lowest BCUT2D eigenvalue weighted by Crippen LogP contribution is -2.25. The van der Waals surface area contributed by atoms with Crippen molar-refractivity contribution < 1.29 is 4.42 Å². The van der Waals surface area contributed by atoms with Crippen LogP contribution >= 0.6 is 0 Å². The van der Waals surface area contributed by atoms with Gasteiger partial charge in [-0.05, 0) is 74.4 Å². The van der Waals surface area contributed by atoms with Crippen LogP contribution in [0.3, 0.4) is 0 Å². The molecule has 0 amide bonds. The molecule has 0 aliphatic carbocycles. The lowest BCUT2D eigenvalue weighted by atomic mass is 10.1. The fourth-order valence-electron chi connectivity index (χ4n) is 4.19. The Kier molecular flexibility index (Phi) is 11.6. The van der Waals surface area contributed by atoms with Crippen molar-refractivity contribution in [2.24, 2.45) is 0 Å². The summed E-state index contributed by atoms with van der Waals surface area (Å²) in [5, 5.41) is 0. The number of hydrogen-bond acceptors (Lipinski definition) is 3. The average Bonchev–Trinajstić information content (AvgIpc) is 2.90. The molecule has 0 bridgehead atoms. The van der Waals surface area contributed by atoms with Crippen LogP contribution in [0.15, 0.2) is 69.9 Å². The highest BCUT2D eigenvalue weighted by Gasteiger charge is 2.06. The molecular formula is C34H39NO2. The molecule has 192 valence electrons. The summed E-state index contributed by atoms with van der Waals surface area (Å²) in [6, 6.07) is 19.7. The van der Waals surface area contributed by atoms with Gasteiger partial charge in [-0.1, -0.05) is 76.1 Å². The first-order valence-corrected chi connectivity index (χ1v) is 13.7. The third-order valence-electron chi connectivity index (χ3n) is 6.28. The molecule has 0 fully saturated rings. The minimum absolute atomic E-state index is 0.380. The highest BCUT2D eigenvalue weighted by atomic mass is 16.4. The van der Waals surface area contributed by atoms with Gasteiger partial charge < -0.3 is 9.32 Å². The van der Waals surface area contributed by atoms with Crippen LogP contribution in [0.5, 0.6) is 0 Å². The number of benzene rings is 2. The predicted octanol–water partition coefficient (Wildman–Crippen LogP) is 7.71. The molecule has 3 aromatic rings. The van der Waals surface area contributed by atoms with Gasteiger partial charge in [0.15, 0.2) is 0 Å². The van der Waals surface area contributed by atoms with Crippen molar-refractivity contribution in [1.29, 1.82) is 0 Å². The van der Waals surface area contributed by atoms with Crippen molar-refractivity contribution in [3.05, 3.63) is 99.1 Å². The number of nitrogens with zero attached hydrogens (tertiary/aromatic N) is 1. The van der Waals surface area contributed by atoms with Crippen molar-refractivity contribution in [3.8, 4) is 23.7 Å². The van der Waals surface area contributed by atoms with E-state index < -0.39 is 0 Å². The molecule has 1 heterocycles. The van der Waals surface area contributed by atoms with Crippen LogP contribution in [0.1, 0.15) is 93.2 Å². The van der Waals surface area contributed by atoms with Gasteiger partial charge in [-0.15, -0.1) is 0 Å². The fourth-order valence-corrected chi connectivity index (χ4v) is 4.19. The Morgan fingerprint density at radius 3 is 1.54 bits per heavy atom. The summed E-state index contributed by atoms with van der Waals surface area (Å²) in [6.07, 6.45) is 10.3. The first-order chi connectivity index (χ1) is 18.1. The molecule has 0 saturated carbocycles. The Hall–Kier alpha value is -3.69. The minimum Gasteiger partial charge on any atom is -0.428 e. The van der Waals surface area contributed by atoms with Gasteiger partial charge in [0.2, 0.25) is 0 Å². The number of unbranched alkanes of at least 4 members (excludes halogenated alkanes) is 6. The van der Waals surface area contributed by atoms with E-state index in [1.807, 2.05) is 24.3 Å². The topological polar surface area (TPSA) is 33.5 Å². The zero-order chi connectivity index (χ0) is 26.3. The van der Waals surface area contributed by atoms with Crippen LogP contribution < -0.4 is 10.5 Å². The Bertz CT molecular complexity index is 1270. The van der Waals surface area contributed by atoms with E-state index in [0.29, 0.717) is 11.3 Å². The normalized spacial score (nSPS) is 10.2. The molecule has 0 spiro atoms. The Labute approximate surface area is 222 Å². The van der Waals surface area contributed by atoms with Crippen LogP contribution in [0, 0.1) is 30.6 Å². The standard InChI is InChI=1S/C34H39NO2/c1-4-6-8-10-24-35(25-11-9-7-5-2)33-22-20-31(21-23-33)17-16-29-12-14-30(15-13-29)18-19-32-26-28(3)37-34(36)27-32/h12-15,20-23,26-27H,4-11,24-25H2,1-3H3. The van der Waals surface area contributed by atoms with Gasteiger partial charge in [0, 0.05) is 47.1 Å². The Morgan fingerprint density at radius 2 is 1.08 bits per heavy atom. The van der Waals surface area contributed by atoms with Crippen LogP contribution in [-0.4, -0.2) is 13.1 Å². The summed E-state index contributed by atoms with van der Waals surface area (Å²) in [5.74, 6) is 13.2. The second-order valence-corrected chi connectivity index (χ2v) is 9.51. The molecule has 0 N–H and O–H groups in total.